The van der Waals surface area contributed by atoms with E-state index < -0.39 is 42.9 Å². The summed E-state index contributed by atoms with van der Waals surface area (Å²) in [4.78, 5) is 21.9. The third-order valence-corrected chi connectivity index (χ3v) is 12.3. The Balaban J connectivity index is 0.844. The number of ether oxygens (including phenoxy) is 4. The van der Waals surface area contributed by atoms with Gasteiger partial charge in [-0.25, -0.2) is 9.98 Å². The van der Waals surface area contributed by atoms with E-state index in [1.165, 1.54) is 0 Å². The smallest absolute Gasteiger partial charge is 0.222 e. The van der Waals surface area contributed by atoms with Gasteiger partial charge in [-0.3, -0.25) is 25.7 Å². The molecule has 334 valence electrons. The molecule has 61 heavy (non-hydrogen) atoms. The van der Waals surface area contributed by atoms with Crippen LogP contribution in [-0.4, -0.2) is 152 Å². The number of aliphatic hydroxyl groups is 3. The molecule has 0 spiro atoms. The van der Waals surface area contributed by atoms with Gasteiger partial charge in [0.05, 0.1) is 43.6 Å². The maximum Gasteiger partial charge on any atom is 0.222 e. The van der Waals surface area contributed by atoms with Gasteiger partial charge >= 0.3 is 0 Å². The molecule has 2 aromatic rings. The predicted octanol–water partition coefficient (Wildman–Crippen LogP) is 2.37. The Hall–Kier alpha value is -3.92. The van der Waals surface area contributed by atoms with Crippen molar-refractivity contribution >= 4 is 18.1 Å². The summed E-state index contributed by atoms with van der Waals surface area (Å²) in [5, 5.41) is 61.2. The number of hydroxylamine groups is 2. The van der Waals surface area contributed by atoms with Crippen molar-refractivity contribution in [3.63, 3.8) is 0 Å². The van der Waals surface area contributed by atoms with Gasteiger partial charge in [0.15, 0.2) is 6.29 Å². The van der Waals surface area contributed by atoms with Crippen LogP contribution in [0, 0.1) is 11.8 Å². The van der Waals surface area contributed by atoms with Gasteiger partial charge in [-0.15, -0.1) is 0 Å². The number of nitrogens with zero attached hydrogens (tertiary/aromatic N) is 6. The summed E-state index contributed by atoms with van der Waals surface area (Å²) in [6.45, 7) is 9.34. The van der Waals surface area contributed by atoms with E-state index in [2.05, 4.69) is 70.9 Å². The third-order valence-electron chi connectivity index (χ3n) is 12.3. The van der Waals surface area contributed by atoms with Gasteiger partial charge in [0, 0.05) is 48.3 Å². The minimum absolute atomic E-state index is 0.0365. The maximum atomic E-state index is 10.3. The zero-order valence-corrected chi connectivity index (χ0v) is 35.4. The zero-order chi connectivity index (χ0) is 43.0. The molecular formula is C43H63N9O9. The second-order valence-corrected chi connectivity index (χ2v) is 17.0. The van der Waals surface area contributed by atoms with Gasteiger partial charge in [-0.1, -0.05) is 54.6 Å². The number of aliphatic imine (C=N–C) groups is 3. The van der Waals surface area contributed by atoms with Crippen LogP contribution < -0.4 is 16.0 Å². The number of benzene rings is 1. The molecule has 11 atom stereocenters. The van der Waals surface area contributed by atoms with Gasteiger partial charge in [0.1, 0.15) is 43.1 Å². The number of hydrogen-bond acceptors (Lipinski definition) is 18. The van der Waals surface area contributed by atoms with Crippen LogP contribution in [0.25, 0.3) is 11.3 Å². The Bertz CT molecular complexity index is 1810. The van der Waals surface area contributed by atoms with Crippen LogP contribution in [-0.2, 0) is 25.5 Å². The van der Waals surface area contributed by atoms with Crippen molar-refractivity contribution < 1.29 is 44.7 Å². The molecule has 0 bridgehead atoms. The summed E-state index contributed by atoms with van der Waals surface area (Å²) in [6.07, 6.45) is 4.04. The van der Waals surface area contributed by atoms with Crippen LogP contribution >= 0.6 is 0 Å². The first-order valence-electron chi connectivity index (χ1n) is 21.5. The van der Waals surface area contributed by atoms with E-state index in [4.69, 9.17) is 33.9 Å². The molecule has 1 saturated heterocycles. The minimum atomic E-state index is -1.51. The normalized spacial score (nSPS) is 34.0. The lowest BCUT2D eigenvalue weighted by atomic mass is 9.90. The fraction of sp³-hybridized carbons (Fsp3) is 0.628. The van der Waals surface area contributed by atoms with Crippen LogP contribution in [0.2, 0.25) is 0 Å². The molecule has 2 fully saturated rings. The van der Waals surface area contributed by atoms with Crippen molar-refractivity contribution in [3.8, 4) is 11.3 Å². The largest absolute Gasteiger partial charge is 0.388 e. The number of rotatable bonds is 15. The number of hydrogen-bond donors (Lipinski definition) is 8. The van der Waals surface area contributed by atoms with Crippen molar-refractivity contribution in [2.45, 2.75) is 140 Å². The summed E-state index contributed by atoms with van der Waals surface area (Å²) in [7, 11) is 0. The van der Waals surface area contributed by atoms with E-state index in [1.807, 2.05) is 30.6 Å². The molecule has 0 radical (unpaired) electrons. The number of aromatic nitrogens is 1. The molecule has 1 aromatic heterocycles. The van der Waals surface area contributed by atoms with E-state index in [0.717, 1.165) is 48.3 Å². The second-order valence-electron chi connectivity index (χ2n) is 17.0. The lowest BCUT2D eigenvalue weighted by Crippen LogP contribution is -2.59. The number of fused-ring (bicyclic) bond motifs is 1. The Morgan fingerprint density at radius 3 is 2.43 bits per heavy atom. The fourth-order valence-electron chi connectivity index (χ4n) is 8.55. The lowest BCUT2D eigenvalue weighted by molar-refractivity contribution is -0.361. The van der Waals surface area contributed by atoms with Crippen molar-refractivity contribution in [3.05, 3.63) is 66.4 Å². The van der Waals surface area contributed by atoms with Gasteiger partial charge < -0.3 is 49.8 Å². The van der Waals surface area contributed by atoms with Gasteiger partial charge in [-0.05, 0) is 70.6 Å². The van der Waals surface area contributed by atoms with Crippen LogP contribution in [0.4, 0.5) is 0 Å². The molecule has 8 N–H and O–H groups in total. The van der Waals surface area contributed by atoms with Crippen LogP contribution in [0.5, 0.6) is 0 Å². The van der Waals surface area contributed by atoms with Crippen molar-refractivity contribution in [2.24, 2.45) is 26.8 Å². The Morgan fingerprint density at radius 1 is 0.934 bits per heavy atom. The van der Waals surface area contributed by atoms with Crippen LogP contribution in [0.3, 0.4) is 0 Å². The summed E-state index contributed by atoms with van der Waals surface area (Å²) in [5.41, 5.74) is 3.17. The number of nitrogens with one attached hydrogen (secondary N) is 3. The van der Waals surface area contributed by atoms with E-state index >= 15 is 0 Å². The summed E-state index contributed by atoms with van der Waals surface area (Å²) >= 11 is 0. The molecule has 7 rings (SSSR count). The number of pyridine rings is 1. The van der Waals surface area contributed by atoms with Crippen molar-refractivity contribution in [1.82, 2.24) is 31.1 Å². The first-order chi connectivity index (χ1) is 29.4. The predicted molar refractivity (Wildman–Crippen MR) is 226 cm³/mol. The molecule has 18 heteroatoms. The number of guanidine groups is 1. The Labute approximate surface area is 357 Å². The van der Waals surface area contributed by atoms with Crippen molar-refractivity contribution in [1.29, 1.82) is 0 Å². The summed E-state index contributed by atoms with van der Waals surface area (Å²) in [5.74, 6) is 1.38. The standard InChI is InChI=1S/C43H63N9O9/c1-25(2)51-22-46-36-26(3)40(45-20-28-8-11-30(12-9-28)33-7-5-6-18-44-33)49-43(50-41(36)51)48-32-15-13-31(14-16-32)47-23-59-24-58-21-29-10-17-35(34(19-29)52(56)57)61-42-39(55)38(54)37(53)27(4)60-42/h5-12,17-18,22,25-27,29,31-32,34-39,41-42,47,53-57H,13-16,19-21,23-24H2,1-4H3,(H2,45,48,49,50)/t26-,27+,29?,31-,32-,34?,35?,36?,37-,38-,39+,41?,42+/m0/s1. The van der Waals surface area contributed by atoms with Crippen LogP contribution in [0.15, 0.2) is 75.8 Å². The molecule has 1 saturated carbocycles. The average molecular weight is 850 g/mol. The van der Waals surface area contributed by atoms with Crippen molar-refractivity contribution in [2.75, 3.05) is 20.1 Å². The molecule has 0 amide bonds. The summed E-state index contributed by atoms with van der Waals surface area (Å²) < 4.78 is 22.8. The van der Waals surface area contributed by atoms with E-state index in [0.29, 0.717) is 25.3 Å². The Kier molecular flexibility index (Phi) is 15.5. The highest BCUT2D eigenvalue weighted by atomic mass is 16.8. The van der Waals surface area contributed by atoms with Gasteiger partial charge in [0.2, 0.25) is 5.96 Å². The quantitative estimate of drug-likeness (QED) is 0.0557. The fourth-order valence-corrected chi connectivity index (χ4v) is 8.55. The molecule has 5 unspecified atom stereocenters. The second kappa shape index (κ2) is 21.0. The SMILES string of the molecule is CC(C)N1C=NC2C1N=C(N[C@H]1CC[C@H](NCOCOCC3C=CC(O[C@H]4O[C@H](C)[C@H](O)[C@H](O)[C@H]4O)C(N(O)O)C3)CC1)N=C(NCc1ccc(-c3ccccn3)cc1)[C@H]2C. The molecule has 2 aliphatic carbocycles. The highest BCUT2D eigenvalue weighted by Crippen LogP contribution is 2.30. The molecular weight excluding hydrogens is 787 g/mol. The maximum absolute atomic E-state index is 10.3. The molecule has 1 aromatic carbocycles. The number of aliphatic hydroxyl groups excluding tert-OH is 3. The molecule has 5 aliphatic rings. The minimum Gasteiger partial charge on any atom is -0.388 e. The first-order valence-corrected chi connectivity index (χ1v) is 21.5. The van der Waals surface area contributed by atoms with Gasteiger partial charge in [-0.2, -0.15) is 0 Å². The molecule has 3 aliphatic heterocycles. The zero-order valence-electron chi connectivity index (χ0n) is 35.4. The van der Waals surface area contributed by atoms with E-state index in [9.17, 15) is 25.7 Å². The highest BCUT2D eigenvalue weighted by Gasteiger charge is 2.45. The molecule has 18 nitrogen and oxygen atoms in total. The highest BCUT2D eigenvalue weighted by molar-refractivity contribution is 5.98. The third kappa shape index (κ3) is 11.4. The lowest BCUT2D eigenvalue weighted by Gasteiger charge is -2.42. The van der Waals surface area contributed by atoms with Gasteiger partial charge in [0.25, 0.3) is 0 Å². The van der Waals surface area contributed by atoms with E-state index in [-0.39, 0.29) is 61.2 Å². The Morgan fingerprint density at radius 2 is 1.70 bits per heavy atom. The number of amidine groups is 1. The average Bonchev–Trinajstić information content (AvgIpc) is 3.64. The topological polar surface area (TPSA) is 231 Å². The first kappa shape index (κ1) is 45.1. The monoisotopic (exact) mass is 849 g/mol. The summed E-state index contributed by atoms with van der Waals surface area (Å²) in [6, 6.07) is 14.2. The molecule has 4 heterocycles. The van der Waals surface area contributed by atoms with Crippen LogP contribution in [0.1, 0.15) is 65.4 Å². The van der Waals surface area contributed by atoms with E-state index in [1.54, 1.807) is 19.2 Å².